The third-order valence-corrected chi connectivity index (χ3v) is 7.24. The number of carbonyl (C=O) groups is 1. The minimum absolute atomic E-state index is 0.180. The third kappa shape index (κ3) is 4.47. The standard InChI is InChI=1S/C20H28N4O4S/c1-14-18(20(25)21-13-16-5-7-17(8-6-16)23(3)4)22-15(2)19(14)29(26,27)24-9-11-28-12-10-24/h5-8,22H,9-13H2,1-4H3,(H,21,25). The Morgan fingerprint density at radius 1 is 1.17 bits per heavy atom. The van der Waals surface area contributed by atoms with E-state index in [0.717, 1.165) is 11.3 Å². The number of benzene rings is 1. The molecule has 3 rings (SSSR count). The molecule has 1 fully saturated rings. The van der Waals surface area contributed by atoms with Gasteiger partial charge in [0.2, 0.25) is 10.0 Å². The van der Waals surface area contributed by atoms with Crippen molar-refractivity contribution >= 4 is 21.6 Å². The van der Waals surface area contributed by atoms with Crippen LogP contribution in [0.15, 0.2) is 29.2 Å². The van der Waals surface area contributed by atoms with Gasteiger partial charge < -0.3 is 19.9 Å². The molecule has 0 radical (unpaired) electrons. The Balaban J connectivity index is 1.75. The molecule has 0 spiro atoms. The van der Waals surface area contributed by atoms with Gasteiger partial charge >= 0.3 is 0 Å². The Morgan fingerprint density at radius 2 is 1.79 bits per heavy atom. The van der Waals surface area contributed by atoms with E-state index in [0.29, 0.717) is 44.1 Å². The fourth-order valence-corrected chi connectivity index (χ4v) is 5.26. The molecule has 0 unspecified atom stereocenters. The lowest BCUT2D eigenvalue weighted by Crippen LogP contribution is -2.41. The van der Waals surface area contributed by atoms with Crippen molar-refractivity contribution in [3.8, 4) is 0 Å². The molecule has 0 aliphatic carbocycles. The number of nitrogens with zero attached hydrogens (tertiary/aromatic N) is 2. The molecule has 2 heterocycles. The van der Waals surface area contributed by atoms with E-state index in [4.69, 9.17) is 4.74 Å². The van der Waals surface area contributed by atoms with Crippen LogP contribution in [0.3, 0.4) is 0 Å². The lowest BCUT2D eigenvalue weighted by atomic mass is 10.2. The first-order valence-corrected chi connectivity index (χ1v) is 11.0. The van der Waals surface area contributed by atoms with Crippen LogP contribution in [0.1, 0.15) is 27.3 Å². The smallest absolute Gasteiger partial charge is 0.268 e. The van der Waals surface area contributed by atoms with Crippen molar-refractivity contribution in [1.82, 2.24) is 14.6 Å². The van der Waals surface area contributed by atoms with Crippen LogP contribution in [0, 0.1) is 13.8 Å². The van der Waals surface area contributed by atoms with E-state index >= 15 is 0 Å². The van der Waals surface area contributed by atoms with Gasteiger partial charge in [-0.1, -0.05) is 12.1 Å². The molecule has 2 N–H and O–H groups in total. The number of anilines is 1. The molecule has 29 heavy (non-hydrogen) atoms. The van der Waals surface area contributed by atoms with Crippen LogP contribution in [-0.4, -0.2) is 64.0 Å². The van der Waals surface area contributed by atoms with Crippen LogP contribution in [0.2, 0.25) is 0 Å². The highest BCUT2D eigenvalue weighted by atomic mass is 32.2. The molecule has 8 nitrogen and oxygen atoms in total. The quantitative estimate of drug-likeness (QED) is 0.741. The van der Waals surface area contributed by atoms with Crippen LogP contribution in [0.4, 0.5) is 5.69 Å². The van der Waals surface area contributed by atoms with Crippen molar-refractivity contribution in [2.45, 2.75) is 25.3 Å². The van der Waals surface area contributed by atoms with E-state index in [1.807, 2.05) is 43.3 Å². The van der Waals surface area contributed by atoms with Crippen LogP contribution in [0.25, 0.3) is 0 Å². The molecule has 1 aromatic heterocycles. The normalized spacial score (nSPS) is 15.3. The first kappa shape index (κ1) is 21.4. The zero-order valence-electron chi connectivity index (χ0n) is 17.3. The zero-order valence-corrected chi connectivity index (χ0v) is 18.1. The maximum Gasteiger partial charge on any atom is 0.268 e. The zero-order chi connectivity index (χ0) is 21.2. The number of rotatable bonds is 6. The van der Waals surface area contributed by atoms with Crippen molar-refractivity contribution in [3.05, 3.63) is 46.8 Å². The number of morpholine rings is 1. The first-order valence-electron chi connectivity index (χ1n) is 9.53. The Bertz CT molecular complexity index is 975. The minimum Gasteiger partial charge on any atom is -0.379 e. The molecular formula is C20H28N4O4S. The molecule has 1 saturated heterocycles. The number of hydrogen-bond donors (Lipinski definition) is 2. The number of H-pyrrole nitrogens is 1. The number of sulfonamides is 1. The van der Waals surface area contributed by atoms with E-state index in [1.165, 1.54) is 4.31 Å². The molecular weight excluding hydrogens is 392 g/mol. The molecule has 0 saturated carbocycles. The summed E-state index contributed by atoms with van der Waals surface area (Å²) in [5.74, 6) is -0.328. The summed E-state index contributed by atoms with van der Waals surface area (Å²) in [6, 6.07) is 7.88. The highest BCUT2D eigenvalue weighted by Crippen LogP contribution is 2.27. The van der Waals surface area contributed by atoms with Crippen molar-refractivity contribution in [2.75, 3.05) is 45.3 Å². The summed E-state index contributed by atoms with van der Waals surface area (Å²) >= 11 is 0. The molecule has 9 heteroatoms. The van der Waals surface area contributed by atoms with Gasteiger partial charge in [0.25, 0.3) is 5.91 Å². The van der Waals surface area contributed by atoms with Crippen LogP contribution in [0.5, 0.6) is 0 Å². The fourth-order valence-electron chi connectivity index (χ4n) is 3.45. The number of ether oxygens (including phenoxy) is 1. The second-order valence-electron chi connectivity index (χ2n) is 7.34. The number of aryl methyl sites for hydroxylation is 1. The molecule has 1 aliphatic rings. The van der Waals surface area contributed by atoms with Gasteiger partial charge in [0, 0.05) is 45.1 Å². The summed E-state index contributed by atoms with van der Waals surface area (Å²) in [6.07, 6.45) is 0. The third-order valence-electron chi connectivity index (χ3n) is 5.07. The highest BCUT2D eigenvalue weighted by Gasteiger charge is 2.32. The topological polar surface area (TPSA) is 94.7 Å². The minimum atomic E-state index is -3.68. The fraction of sp³-hybridized carbons (Fsp3) is 0.450. The van der Waals surface area contributed by atoms with E-state index in [-0.39, 0.29) is 16.5 Å². The predicted molar refractivity (Wildman–Crippen MR) is 112 cm³/mol. The number of aromatic nitrogens is 1. The second-order valence-corrected chi connectivity index (χ2v) is 9.21. The Morgan fingerprint density at radius 3 is 2.38 bits per heavy atom. The molecule has 1 aromatic carbocycles. The molecule has 1 amide bonds. The largest absolute Gasteiger partial charge is 0.379 e. The van der Waals surface area contributed by atoms with E-state index < -0.39 is 10.0 Å². The SMILES string of the molecule is Cc1[nH]c(C(=O)NCc2ccc(N(C)C)cc2)c(C)c1S(=O)(=O)N1CCOCC1. The Hall–Kier alpha value is -2.36. The monoisotopic (exact) mass is 420 g/mol. The van der Waals surface area contributed by atoms with Gasteiger partial charge in [-0.05, 0) is 37.1 Å². The van der Waals surface area contributed by atoms with Gasteiger partial charge in [-0.2, -0.15) is 4.31 Å². The summed E-state index contributed by atoms with van der Waals surface area (Å²) in [5.41, 5.74) is 3.23. The van der Waals surface area contributed by atoms with Gasteiger partial charge in [0.05, 0.1) is 13.2 Å². The van der Waals surface area contributed by atoms with Crippen molar-refractivity contribution in [3.63, 3.8) is 0 Å². The van der Waals surface area contributed by atoms with Crippen molar-refractivity contribution in [1.29, 1.82) is 0 Å². The predicted octanol–water partition coefficient (Wildman–Crippen LogP) is 1.65. The summed E-state index contributed by atoms with van der Waals surface area (Å²) in [4.78, 5) is 17.9. The molecule has 2 aromatic rings. The van der Waals surface area contributed by atoms with E-state index in [2.05, 4.69) is 10.3 Å². The van der Waals surface area contributed by atoms with Gasteiger partial charge in [0.15, 0.2) is 0 Å². The number of aromatic amines is 1. The lowest BCUT2D eigenvalue weighted by molar-refractivity contribution is 0.0730. The first-order chi connectivity index (χ1) is 13.7. The van der Waals surface area contributed by atoms with Crippen LogP contribution in [-0.2, 0) is 21.3 Å². The number of hydrogen-bond acceptors (Lipinski definition) is 5. The van der Waals surface area contributed by atoms with Crippen molar-refractivity contribution in [2.24, 2.45) is 0 Å². The summed E-state index contributed by atoms with van der Waals surface area (Å²) in [5, 5.41) is 2.86. The molecule has 0 atom stereocenters. The average molecular weight is 421 g/mol. The lowest BCUT2D eigenvalue weighted by Gasteiger charge is -2.26. The Labute approximate surface area is 171 Å². The maximum absolute atomic E-state index is 13.0. The molecule has 158 valence electrons. The molecule has 0 bridgehead atoms. The molecule has 1 aliphatic heterocycles. The summed E-state index contributed by atoms with van der Waals surface area (Å²) < 4.78 is 32.8. The van der Waals surface area contributed by atoms with Gasteiger partial charge in [-0.3, -0.25) is 4.79 Å². The van der Waals surface area contributed by atoms with Crippen molar-refractivity contribution < 1.29 is 17.9 Å². The highest BCUT2D eigenvalue weighted by molar-refractivity contribution is 7.89. The van der Waals surface area contributed by atoms with E-state index in [9.17, 15) is 13.2 Å². The Kier molecular flexibility index (Phi) is 6.30. The average Bonchev–Trinajstić information content (AvgIpc) is 3.02. The number of carbonyl (C=O) groups excluding carboxylic acids is 1. The number of amides is 1. The number of nitrogens with one attached hydrogen (secondary N) is 2. The van der Waals surface area contributed by atoms with E-state index in [1.54, 1.807) is 13.8 Å². The van der Waals surface area contributed by atoms with Gasteiger partial charge in [-0.25, -0.2) is 8.42 Å². The maximum atomic E-state index is 13.0. The summed E-state index contributed by atoms with van der Waals surface area (Å²) in [7, 11) is 0.257. The summed E-state index contributed by atoms with van der Waals surface area (Å²) in [6.45, 7) is 5.08. The van der Waals surface area contributed by atoms with Crippen LogP contribution >= 0.6 is 0 Å². The van der Waals surface area contributed by atoms with Gasteiger partial charge in [-0.15, -0.1) is 0 Å². The van der Waals surface area contributed by atoms with Gasteiger partial charge in [0.1, 0.15) is 10.6 Å². The van der Waals surface area contributed by atoms with Crippen LogP contribution < -0.4 is 10.2 Å². The second kappa shape index (κ2) is 8.56.